The first-order valence-corrected chi connectivity index (χ1v) is 10.2. The molecule has 0 nitrogen and oxygen atoms in total. The molecule has 3 aromatic rings. The van der Waals surface area contributed by atoms with Gasteiger partial charge < -0.3 is 0 Å². The Kier molecular flexibility index (Phi) is 3.91. The molecule has 21 heavy (non-hydrogen) atoms. The summed E-state index contributed by atoms with van der Waals surface area (Å²) in [6.07, 6.45) is 6.67. The van der Waals surface area contributed by atoms with Crippen molar-refractivity contribution in [2.75, 3.05) is 0 Å². The monoisotopic (exact) mass is 376 g/mol. The zero-order chi connectivity index (χ0) is 14.2. The lowest BCUT2D eigenvalue weighted by Gasteiger charge is -2.06. The molecule has 0 fully saturated rings. The largest absolute Gasteiger partial charge is 0.144 e. The van der Waals surface area contributed by atoms with Gasteiger partial charge in [-0.25, -0.2) is 0 Å². The van der Waals surface area contributed by atoms with Crippen molar-refractivity contribution in [1.29, 1.82) is 0 Å². The van der Waals surface area contributed by atoms with Gasteiger partial charge in [-0.05, 0) is 59.7 Å². The number of hydrogen-bond donors (Lipinski definition) is 0. The van der Waals surface area contributed by atoms with Crippen molar-refractivity contribution in [3.63, 3.8) is 0 Å². The van der Waals surface area contributed by atoms with Crippen LogP contribution in [0.25, 0.3) is 10.1 Å². The van der Waals surface area contributed by atoms with Crippen molar-refractivity contribution in [3.8, 4) is 0 Å². The van der Waals surface area contributed by atoms with Crippen molar-refractivity contribution in [3.05, 3.63) is 56.6 Å². The molecule has 1 atom stereocenters. The molecule has 0 bridgehead atoms. The molecule has 1 aliphatic rings. The number of alkyl halides is 1. The van der Waals surface area contributed by atoms with Crippen LogP contribution in [-0.2, 0) is 12.8 Å². The summed E-state index contributed by atoms with van der Waals surface area (Å²) in [6.45, 7) is 0. The third-order valence-corrected chi connectivity index (χ3v) is 7.87. The van der Waals surface area contributed by atoms with E-state index in [0.29, 0.717) is 4.83 Å². The minimum absolute atomic E-state index is 0.338. The highest BCUT2D eigenvalue weighted by Crippen LogP contribution is 2.43. The lowest BCUT2D eigenvalue weighted by atomic mass is 10.1. The fourth-order valence-corrected chi connectivity index (χ4v) is 6.37. The fourth-order valence-electron chi connectivity index (χ4n) is 3.16. The molecule has 1 aliphatic carbocycles. The molecule has 2 heterocycles. The summed E-state index contributed by atoms with van der Waals surface area (Å²) >= 11 is 7.83. The van der Waals surface area contributed by atoms with Crippen molar-refractivity contribution >= 4 is 48.7 Å². The highest BCUT2D eigenvalue weighted by atomic mass is 79.9. The smallest absolute Gasteiger partial charge is 0.0752 e. The number of benzene rings is 1. The highest BCUT2D eigenvalue weighted by molar-refractivity contribution is 9.09. The Hall–Kier alpha value is -0.640. The molecule has 0 aliphatic heterocycles. The van der Waals surface area contributed by atoms with Crippen LogP contribution >= 0.6 is 38.6 Å². The van der Waals surface area contributed by atoms with Gasteiger partial charge in [-0.15, -0.1) is 22.7 Å². The van der Waals surface area contributed by atoms with E-state index in [1.165, 1.54) is 52.6 Å². The quantitative estimate of drug-likeness (QED) is 0.344. The normalized spacial score (nSPS) is 16.6. The van der Waals surface area contributed by atoms with Gasteiger partial charge in [0.2, 0.25) is 0 Å². The van der Waals surface area contributed by atoms with Gasteiger partial charge in [0.25, 0.3) is 0 Å². The third kappa shape index (κ3) is 2.60. The Morgan fingerprint density at radius 3 is 2.86 bits per heavy atom. The van der Waals surface area contributed by atoms with Crippen LogP contribution in [0.1, 0.15) is 45.0 Å². The van der Waals surface area contributed by atoms with Gasteiger partial charge in [0.05, 0.1) is 4.83 Å². The maximum atomic E-state index is 3.96. The zero-order valence-electron chi connectivity index (χ0n) is 11.8. The molecule has 1 unspecified atom stereocenters. The molecular weight excluding hydrogens is 360 g/mol. The predicted molar refractivity (Wildman–Crippen MR) is 98.2 cm³/mol. The van der Waals surface area contributed by atoms with Gasteiger partial charge >= 0.3 is 0 Å². The number of hydrogen-bond acceptors (Lipinski definition) is 2. The number of thiophene rings is 2. The summed E-state index contributed by atoms with van der Waals surface area (Å²) in [5.74, 6) is 0. The average molecular weight is 377 g/mol. The summed E-state index contributed by atoms with van der Waals surface area (Å²) in [4.78, 5) is 3.45. The molecule has 0 saturated heterocycles. The van der Waals surface area contributed by atoms with E-state index < -0.39 is 0 Å². The Bertz CT molecular complexity index is 745. The topological polar surface area (TPSA) is 0 Å². The molecule has 3 heteroatoms. The van der Waals surface area contributed by atoms with E-state index in [2.05, 4.69) is 51.6 Å². The molecule has 0 spiro atoms. The molecule has 0 amide bonds. The predicted octanol–water partition coefficient (Wildman–Crippen LogP) is 6.72. The number of aryl methyl sites for hydroxylation is 2. The molecule has 4 rings (SSSR count). The van der Waals surface area contributed by atoms with Crippen LogP contribution in [0.3, 0.4) is 0 Å². The lowest BCUT2D eigenvalue weighted by Crippen LogP contribution is -1.88. The standard InChI is InChI=1S/C18H17BrS2/c19-18(14-11-20-16-9-5-4-7-13(14)16)17-10-12-6-2-1-3-8-15(12)21-17/h4-5,7,9-11,18H,1-3,6,8H2. The van der Waals surface area contributed by atoms with Crippen molar-refractivity contribution in [1.82, 2.24) is 0 Å². The first-order chi connectivity index (χ1) is 10.3. The summed E-state index contributed by atoms with van der Waals surface area (Å²) in [6, 6.07) is 11.2. The van der Waals surface area contributed by atoms with Crippen molar-refractivity contribution in [2.24, 2.45) is 0 Å². The highest BCUT2D eigenvalue weighted by Gasteiger charge is 2.20. The Balaban J connectivity index is 1.73. The number of rotatable bonds is 2. The van der Waals surface area contributed by atoms with Gasteiger partial charge in [-0.2, -0.15) is 0 Å². The maximum absolute atomic E-state index is 3.96. The van der Waals surface area contributed by atoms with Gasteiger partial charge in [0, 0.05) is 14.5 Å². The van der Waals surface area contributed by atoms with E-state index in [0.717, 1.165) is 0 Å². The SMILES string of the molecule is BrC(c1cc2c(s1)CCCCC2)c1csc2ccccc12. The van der Waals surface area contributed by atoms with E-state index in [-0.39, 0.29) is 0 Å². The number of fused-ring (bicyclic) bond motifs is 2. The molecule has 0 saturated carbocycles. The van der Waals surface area contributed by atoms with Crippen LogP contribution in [0.5, 0.6) is 0 Å². The Labute approximate surface area is 142 Å². The minimum atomic E-state index is 0.338. The van der Waals surface area contributed by atoms with Crippen LogP contribution in [0, 0.1) is 0 Å². The van der Waals surface area contributed by atoms with E-state index >= 15 is 0 Å². The van der Waals surface area contributed by atoms with E-state index in [1.54, 1.807) is 10.4 Å². The fraction of sp³-hybridized carbons (Fsp3) is 0.333. The van der Waals surface area contributed by atoms with Crippen LogP contribution < -0.4 is 0 Å². The molecular formula is C18H17BrS2. The second-order valence-electron chi connectivity index (χ2n) is 5.71. The number of halogens is 1. The van der Waals surface area contributed by atoms with Crippen LogP contribution in [0.4, 0.5) is 0 Å². The summed E-state index contributed by atoms with van der Waals surface area (Å²) < 4.78 is 1.38. The second-order valence-corrected chi connectivity index (χ2v) is 8.70. The zero-order valence-corrected chi connectivity index (χ0v) is 15.0. The molecule has 0 N–H and O–H groups in total. The van der Waals surface area contributed by atoms with E-state index in [1.807, 2.05) is 22.7 Å². The molecule has 108 valence electrons. The van der Waals surface area contributed by atoms with Crippen LogP contribution in [0.2, 0.25) is 0 Å². The first kappa shape index (κ1) is 14.0. The maximum Gasteiger partial charge on any atom is 0.0752 e. The second kappa shape index (κ2) is 5.86. The molecule has 2 aromatic heterocycles. The van der Waals surface area contributed by atoms with Crippen molar-refractivity contribution in [2.45, 2.75) is 36.9 Å². The first-order valence-electron chi connectivity index (χ1n) is 7.54. The van der Waals surface area contributed by atoms with Gasteiger partial charge in [-0.1, -0.05) is 40.5 Å². The summed E-state index contributed by atoms with van der Waals surface area (Å²) in [5.41, 5.74) is 3.03. The van der Waals surface area contributed by atoms with Crippen LogP contribution in [-0.4, -0.2) is 0 Å². The van der Waals surface area contributed by atoms with E-state index in [9.17, 15) is 0 Å². The summed E-state index contributed by atoms with van der Waals surface area (Å²) in [7, 11) is 0. The molecule has 0 radical (unpaired) electrons. The van der Waals surface area contributed by atoms with Gasteiger partial charge in [0.15, 0.2) is 0 Å². The van der Waals surface area contributed by atoms with E-state index in [4.69, 9.17) is 0 Å². The summed E-state index contributed by atoms with van der Waals surface area (Å²) in [5, 5.41) is 3.71. The minimum Gasteiger partial charge on any atom is -0.144 e. The Morgan fingerprint density at radius 1 is 1.05 bits per heavy atom. The molecule has 1 aromatic carbocycles. The van der Waals surface area contributed by atoms with Crippen LogP contribution in [0.15, 0.2) is 35.7 Å². The Morgan fingerprint density at radius 2 is 1.90 bits per heavy atom. The lowest BCUT2D eigenvalue weighted by molar-refractivity contribution is 0.712. The van der Waals surface area contributed by atoms with Crippen molar-refractivity contribution < 1.29 is 0 Å². The third-order valence-electron chi connectivity index (χ3n) is 4.30. The average Bonchev–Trinajstić information content (AvgIpc) is 3.05. The van der Waals surface area contributed by atoms with Gasteiger partial charge in [-0.3, -0.25) is 0 Å². The van der Waals surface area contributed by atoms with Gasteiger partial charge in [0.1, 0.15) is 0 Å².